The number of hydrogen-bond acceptors (Lipinski definition) is 5. The Kier molecular flexibility index (Phi) is 11.4. The third kappa shape index (κ3) is 8.84. The van der Waals surface area contributed by atoms with Crippen molar-refractivity contribution in [2.24, 2.45) is 11.3 Å². The van der Waals surface area contributed by atoms with Crippen LogP contribution in [0.1, 0.15) is 74.8 Å². The summed E-state index contributed by atoms with van der Waals surface area (Å²) in [5.41, 5.74) is -1.28. The maximum absolute atomic E-state index is 14.0. The molecule has 0 radical (unpaired) electrons. The van der Waals surface area contributed by atoms with E-state index in [9.17, 15) is 14.4 Å². The molecule has 0 fully saturated rings. The highest BCUT2D eigenvalue weighted by molar-refractivity contribution is 5.92. The number of carbonyl (C=O) groups excluding carboxylic acids is 3. The van der Waals surface area contributed by atoms with Gasteiger partial charge >= 0.3 is 6.09 Å². The van der Waals surface area contributed by atoms with E-state index in [0.717, 1.165) is 5.56 Å². The van der Waals surface area contributed by atoms with Gasteiger partial charge in [0.25, 0.3) is 5.91 Å². The molecule has 3 amide bonds. The molecule has 1 N–H and O–H groups in total. The molecule has 0 spiro atoms. The summed E-state index contributed by atoms with van der Waals surface area (Å²) >= 11 is 0. The van der Waals surface area contributed by atoms with E-state index in [2.05, 4.69) is 5.32 Å². The number of nitrogens with one attached hydrogen (secondary N) is 1. The highest BCUT2D eigenvalue weighted by Gasteiger charge is 2.45. The molecule has 1 aromatic rings. The van der Waals surface area contributed by atoms with E-state index in [0.29, 0.717) is 0 Å². The van der Waals surface area contributed by atoms with E-state index in [-0.39, 0.29) is 17.9 Å². The number of benzene rings is 1. The molecule has 0 aliphatic rings. The Morgan fingerprint density at radius 3 is 1.95 bits per heavy atom. The van der Waals surface area contributed by atoms with Gasteiger partial charge in [0.05, 0.1) is 12.1 Å². The van der Waals surface area contributed by atoms with Gasteiger partial charge in [-0.3, -0.25) is 9.59 Å². The lowest BCUT2D eigenvalue weighted by atomic mass is 9.78. The van der Waals surface area contributed by atoms with Crippen molar-refractivity contribution < 1.29 is 19.1 Å². The quantitative estimate of drug-likeness (QED) is 0.429. The topological polar surface area (TPSA) is 103 Å². The predicted molar refractivity (Wildman–Crippen MR) is 155 cm³/mol. The average molecular weight is 541 g/mol. The van der Waals surface area contributed by atoms with Crippen LogP contribution in [-0.4, -0.2) is 65.5 Å². The zero-order valence-corrected chi connectivity index (χ0v) is 25.8. The third-order valence-electron chi connectivity index (χ3n) is 7.16. The first-order valence-electron chi connectivity index (χ1n) is 13.4. The Labute approximate surface area is 235 Å². The van der Waals surface area contributed by atoms with Gasteiger partial charge in [-0.1, -0.05) is 84.9 Å². The van der Waals surface area contributed by atoms with Crippen molar-refractivity contribution in [1.82, 2.24) is 15.1 Å². The van der Waals surface area contributed by atoms with Crippen molar-refractivity contribution in [1.29, 1.82) is 5.26 Å². The van der Waals surface area contributed by atoms with Gasteiger partial charge in [0.1, 0.15) is 6.04 Å². The maximum atomic E-state index is 14.0. The zero-order chi connectivity index (χ0) is 30.3. The largest absolute Gasteiger partial charge is 0.435 e. The van der Waals surface area contributed by atoms with Crippen molar-refractivity contribution in [3.63, 3.8) is 0 Å². The van der Waals surface area contributed by atoms with E-state index in [4.69, 9.17) is 10.00 Å². The lowest BCUT2D eigenvalue weighted by Gasteiger charge is -2.40. The molecule has 0 heterocycles. The highest BCUT2D eigenvalue weighted by Crippen LogP contribution is 2.31. The van der Waals surface area contributed by atoms with Crippen LogP contribution in [0.4, 0.5) is 4.79 Å². The van der Waals surface area contributed by atoms with E-state index >= 15 is 0 Å². The van der Waals surface area contributed by atoms with Gasteiger partial charge in [0.2, 0.25) is 5.91 Å². The van der Waals surface area contributed by atoms with Gasteiger partial charge in [0, 0.05) is 31.1 Å². The van der Waals surface area contributed by atoms with Gasteiger partial charge in [0.15, 0.2) is 6.10 Å². The second-order valence-electron chi connectivity index (χ2n) is 13.1. The van der Waals surface area contributed by atoms with Crippen LogP contribution in [0.2, 0.25) is 0 Å². The summed E-state index contributed by atoms with van der Waals surface area (Å²) in [5.74, 6) is -0.820. The minimum atomic E-state index is -1.22. The molecule has 0 bridgehead atoms. The second kappa shape index (κ2) is 13.1. The third-order valence-corrected chi connectivity index (χ3v) is 7.16. The van der Waals surface area contributed by atoms with Crippen LogP contribution in [0.5, 0.6) is 0 Å². The van der Waals surface area contributed by atoms with Crippen molar-refractivity contribution in [3.8, 4) is 6.07 Å². The molecule has 8 nitrogen and oxygen atoms in total. The Balaban J connectivity index is 3.50. The fourth-order valence-corrected chi connectivity index (χ4v) is 4.16. The summed E-state index contributed by atoms with van der Waals surface area (Å²) in [5, 5.41) is 12.0. The standard InChI is InChI=1S/C31H48N4O4/c1-21(2)23(19-16-20-32)34(11)27(37)24(29(3,4)5)33-26(36)25(39-28(38)35(12)30(6,7)8)31(9,10)22-17-14-13-15-18-22/h13-19,21,23-25H,1-12H3,(H,33,36)/t23-,24-,25-/m1/s1. The van der Waals surface area contributed by atoms with E-state index in [1.165, 1.54) is 11.0 Å². The first-order valence-corrected chi connectivity index (χ1v) is 13.4. The summed E-state index contributed by atoms with van der Waals surface area (Å²) < 4.78 is 5.92. The minimum absolute atomic E-state index is 0.0403. The monoisotopic (exact) mass is 540 g/mol. The number of nitrogens with zero attached hydrogens (tertiary/aromatic N) is 3. The summed E-state index contributed by atoms with van der Waals surface area (Å²) in [7, 11) is 3.30. The van der Waals surface area contributed by atoms with E-state index in [1.807, 2.05) is 106 Å². The van der Waals surface area contributed by atoms with Crippen molar-refractivity contribution >= 4 is 17.9 Å². The Morgan fingerprint density at radius 2 is 1.51 bits per heavy atom. The molecule has 1 rings (SSSR count). The van der Waals surface area contributed by atoms with Crippen LogP contribution in [-0.2, 0) is 19.7 Å². The number of carbonyl (C=O) groups is 3. The minimum Gasteiger partial charge on any atom is -0.435 e. The number of rotatable bonds is 9. The first kappa shape index (κ1) is 33.7. The molecule has 0 aromatic heterocycles. The van der Waals surface area contributed by atoms with Gasteiger partial charge in [-0.15, -0.1) is 0 Å². The smallest absolute Gasteiger partial charge is 0.410 e. The molecule has 0 aliphatic carbocycles. The molecule has 3 atom stereocenters. The van der Waals surface area contributed by atoms with Crippen molar-refractivity contribution in [3.05, 3.63) is 48.0 Å². The molecule has 0 aliphatic heterocycles. The molecule has 0 saturated heterocycles. The zero-order valence-electron chi connectivity index (χ0n) is 25.8. The molecule has 1 aromatic carbocycles. The Morgan fingerprint density at radius 1 is 0.974 bits per heavy atom. The number of hydrogen-bond donors (Lipinski definition) is 1. The summed E-state index contributed by atoms with van der Waals surface area (Å²) in [4.78, 5) is 44.0. The van der Waals surface area contributed by atoms with Crippen molar-refractivity contribution in [2.75, 3.05) is 14.1 Å². The molecule has 8 heteroatoms. The average Bonchev–Trinajstić information content (AvgIpc) is 2.83. The molecule has 39 heavy (non-hydrogen) atoms. The number of nitriles is 1. The summed E-state index contributed by atoms with van der Waals surface area (Å²) in [6, 6.07) is 10.1. The fraction of sp³-hybridized carbons (Fsp3) is 0.613. The normalized spacial score (nSPS) is 14.8. The fourth-order valence-electron chi connectivity index (χ4n) is 4.16. The molecular weight excluding hydrogens is 492 g/mol. The Hall–Kier alpha value is -3.34. The van der Waals surface area contributed by atoms with Crippen LogP contribution in [0.25, 0.3) is 0 Å². The van der Waals surface area contributed by atoms with Crippen LogP contribution < -0.4 is 5.32 Å². The first-order chi connectivity index (χ1) is 17.8. The lowest BCUT2D eigenvalue weighted by Crippen LogP contribution is -2.60. The lowest BCUT2D eigenvalue weighted by molar-refractivity contribution is -0.144. The molecule has 216 valence electrons. The number of likely N-dealkylation sites (N-methyl/N-ethyl adjacent to an activating group) is 1. The van der Waals surface area contributed by atoms with Crippen LogP contribution in [0.15, 0.2) is 42.5 Å². The SMILES string of the molecule is CC(C)[C@@H](C=CC#N)N(C)C(=O)[C@@H](NC(=O)[C@@H](OC(=O)N(C)C(C)(C)C)C(C)(C)c1ccccc1)C(C)(C)C. The van der Waals surface area contributed by atoms with Crippen molar-refractivity contribution in [2.45, 2.75) is 98.4 Å². The number of allylic oxidation sites excluding steroid dienone is 1. The van der Waals surface area contributed by atoms with Gasteiger partial charge in [-0.2, -0.15) is 5.26 Å². The van der Waals surface area contributed by atoms with E-state index in [1.54, 1.807) is 25.1 Å². The second-order valence-corrected chi connectivity index (χ2v) is 13.1. The number of amides is 3. The van der Waals surface area contributed by atoms with Gasteiger partial charge < -0.3 is 19.9 Å². The van der Waals surface area contributed by atoms with Crippen LogP contribution >= 0.6 is 0 Å². The van der Waals surface area contributed by atoms with Crippen LogP contribution in [0, 0.1) is 22.7 Å². The molecule has 0 unspecified atom stereocenters. The summed E-state index contributed by atoms with van der Waals surface area (Å²) in [6.07, 6.45) is 1.20. The molecular formula is C31H48N4O4. The Bertz CT molecular complexity index is 1060. The summed E-state index contributed by atoms with van der Waals surface area (Å²) in [6.45, 7) is 18.9. The van der Waals surface area contributed by atoms with Gasteiger partial charge in [-0.05, 0) is 37.7 Å². The highest BCUT2D eigenvalue weighted by atomic mass is 16.6. The van der Waals surface area contributed by atoms with Crippen LogP contribution in [0.3, 0.4) is 0 Å². The number of ether oxygens (including phenoxy) is 1. The predicted octanol–water partition coefficient (Wildman–Crippen LogP) is 5.29. The van der Waals surface area contributed by atoms with E-state index < -0.39 is 40.5 Å². The van der Waals surface area contributed by atoms with Gasteiger partial charge in [-0.25, -0.2) is 4.79 Å². The maximum Gasteiger partial charge on any atom is 0.410 e. The molecule has 0 saturated carbocycles.